The van der Waals surface area contributed by atoms with E-state index in [-0.39, 0.29) is 5.75 Å². The van der Waals surface area contributed by atoms with Crippen molar-refractivity contribution >= 4 is 40.5 Å². The lowest BCUT2D eigenvalue weighted by Gasteiger charge is -2.12. The molecule has 0 aliphatic carbocycles. The van der Waals surface area contributed by atoms with Crippen molar-refractivity contribution in [1.29, 1.82) is 0 Å². The largest absolute Gasteiger partial charge is 0.508 e. The topological polar surface area (TPSA) is 41.5 Å². The van der Waals surface area contributed by atoms with Gasteiger partial charge in [-0.2, -0.15) is 0 Å². The number of phenols is 1. The number of nitrogens with one attached hydrogen (secondary N) is 1. The molecule has 0 bridgehead atoms. The summed E-state index contributed by atoms with van der Waals surface area (Å²) < 4.78 is 5.12. The second-order valence-corrected chi connectivity index (χ2v) is 5.34. The Hall–Kier alpha value is -1.29. The van der Waals surface area contributed by atoms with Crippen LogP contribution in [0.4, 0.5) is 5.69 Å². The van der Waals surface area contributed by atoms with Crippen LogP contribution in [0.5, 0.6) is 11.5 Å². The maximum absolute atomic E-state index is 9.81. The standard InChI is InChI=1S/C14H12Cl3NO2/c1-20-10-2-3-13(19)8(4-10)7-18-14-11(16)5-9(15)6-12(14)17/h2-6,18-19H,7H2,1H3. The van der Waals surface area contributed by atoms with Crippen LogP contribution in [0.2, 0.25) is 15.1 Å². The first-order chi connectivity index (χ1) is 9.51. The molecule has 0 saturated heterocycles. The van der Waals surface area contributed by atoms with Crippen LogP contribution in [-0.4, -0.2) is 12.2 Å². The fourth-order valence-electron chi connectivity index (χ4n) is 1.73. The third-order valence-corrected chi connectivity index (χ3v) is 3.56. The molecular formula is C14H12Cl3NO2. The van der Waals surface area contributed by atoms with Crippen molar-refractivity contribution < 1.29 is 9.84 Å². The number of rotatable bonds is 4. The summed E-state index contributed by atoms with van der Waals surface area (Å²) in [4.78, 5) is 0. The molecule has 2 N–H and O–H groups in total. The van der Waals surface area contributed by atoms with Crippen molar-refractivity contribution in [2.45, 2.75) is 6.54 Å². The molecule has 3 nitrogen and oxygen atoms in total. The van der Waals surface area contributed by atoms with Crippen LogP contribution in [0.1, 0.15) is 5.56 Å². The van der Waals surface area contributed by atoms with Gasteiger partial charge in [0.05, 0.1) is 22.8 Å². The van der Waals surface area contributed by atoms with Crippen molar-refractivity contribution in [3.8, 4) is 11.5 Å². The van der Waals surface area contributed by atoms with Gasteiger partial charge in [0.25, 0.3) is 0 Å². The second-order valence-electron chi connectivity index (χ2n) is 4.09. The summed E-state index contributed by atoms with van der Waals surface area (Å²) in [6.45, 7) is 0.351. The summed E-state index contributed by atoms with van der Waals surface area (Å²) in [5, 5.41) is 14.2. The summed E-state index contributed by atoms with van der Waals surface area (Å²) >= 11 is 18.0. The van der Waals surface area contributed by atoms with Crippen LogP contribution in [-0.2, 0) is 6.54 Å². The molecular weight excluding hydrogens is 321 g/mol. The van der Waals surface area contributed by atoms with Gasteiger partial charge in [-0.3, -0.25) is 0 Å². The van der Waals surface area contributed by atoms with E-state index < -0.39 is 0 Å². The minimum absolute atomic E-state index is 0.166. The Morgan fingerprint density at radius 2 is 1.75 bits per heavy atom. The molecule has 0 aliphatic heterocycles. The molecule has 2 rings (SSSR count). The van der Waals surface area contributed by atoms with E-state index in [0.29, 0.717) is 38.6 Å². The van der Waals surface area contributed by atoms with Crippen LogP contribution in [0.15, 0.2) is 30.3 Å². The molecule has 0 spiro atoms. The third-order valence-electron chi connectivity index (χ3n) is 2.75. The zero-order valence-electron chi connectivity index (χ0n) is 10.6. The maximum Gasteiger partial charge on any atom is 0.120 e. The van der Waals surface area contributed by atoms with E-state index in [9.17, 15) is 5.11 Å². The number of halogens is 3. The average molecular weight is 333 g/mol. The molecule has 0 saturated carbocycles. The fourth-order valence-corrected chi connectivity index (χ4v) is 2.68. The van der Waals surface area contributed by atoms with Gasteiger partial charge in [0.15, 0.2) is 0 Å². The van der Waals surface area contributed by atoms with Gasteiger partial charge in [0.1, 0.15) is 11.5 Å². The Balaban J connectivity index is 2.21. The molecule has 0 atom stereocenters. The third kappa shape index (κ3) is 3.42. The Kier molecular flexibility index (Phi) is 4.86. The first kappa shape index (κ1) is 15.1. The molecule has 0 unspecified atom stereocenters. The molecule has 0 heterocycles. The Bertz CT molecular complexity index is 609. The summed E-state index contributed by atoms with van der Waals surface area (Å²) in [6, 6.07) is 8.19. The monoisotopic (exact) mass is 331 g/mol. The summed E-state index contributed by atoms with van der Waals surface area (Å²) in [5.41, 5.74) is 1.24. The van der Waals surface area contributed by atoms with E-state index in [4.69, 9.17) is 39.5 Å². The van der Waals surface area contributed by atoms with Crippen molar-refractivity contribution in [3.63, 3.8) is 0 Å². The quantitative estimate of drug-likeness (QED) is 0.830. The minimum atomic E-state index is 0.166. The van der Waals surface area contributed by atoms with E-state index in [0.717, 1.165) is 0 Å². The predicted octanol–water partition coefficient (Wildman–Crippen LogP) is 4.97. The van der Waals surface area contributed by atoms with E-state index in [2.05, 4.69) is 5.32 Å². The van der Waals surface area contributed by atoms with Gasteiger partial charge < -0.3 is 15.2 Å². The fraction of sp³-hybridized carbons (Fsp3) is 0.143. The normalized spacial score (nSPS) is 10.4. The molecule has 0 amide bonds. The zero-order valence-corrected chi connectivity index (χ0v) is 12.9. The highest BCUT2D eigenvalue weighted by Gasteiger charge is 2.09. The Morgan fingerprint density at radius 1 is 1.10 bits per heavy atom. The zero-order chi connectivity index (χ0) is 14.7. The highest BCUT2D eigenvalue weighted by molar-refractivity contribution is 6.41. The number of anilines is 1. The second kappa shape index (κ2) is 6.44. The SMILES string of the molecule is COc1ccc(O)c(CNc2c(Cl)cc(Cl)cc2Cl)c1. The van der Waals surface area contributed by atoms with E-state index in [1.54, 1.807) is 37.4 Å². The maximum atomic E-state index is 9.81. The number of hydrogen-bond donors (Lipinski definition) is 2. The van der Waals surface area contributed by atoms with Crippen LogP contribution in [0, 0.1) is 0 Å². The van der Waals surface area contributed by atoms with Gasteiger partial charge in [-0.15, -0.1) is 0 Å². The van der Waals surface area contributed by atoms with Crippen molar-refractivity contribution in [2.75, 3.05) is 12.4 Å². The molecule has 0 aliphatic rings. The highest BCUT2D eigenvalue weighted by Crippen LogP contribution is 2.34. The van der Waals surface area contributed by atoms with Crippen molar-refractivity contribution in [1.82, 2.24) is 0 Å². The van der Waals surface area contributed by atoms with Crippen molar-refractivity contribution in [2.24, 2.45) is 0 Å². The van der Waals surface area contributed by atoms with E-state index in [1.165, 1.54) is 0 Å². The van der Waals surface area contributed by atoms with Crippen molar-refractivity contribution in [3.05, 3.63) is 51.0 Å². The Morgan fingerprint density at radius 3 is 2.35 bits per heavy atom. The lowest BCUT2D eigenvalue weighted by Crippen LogP contribution is -2.01. The van der Waals surface area contributed by atoms with Crippen LogP contribution >= 0.6 is 34.8 Å². The first-order valence-corrected chi connectivity index (χ1v) is 6.89. The number of benzene rings is 2. The number of hydrogen-bond acceptors (Lipinski definition) is 3. The molecule has 0 radical (unpaired) electrons. The van der Waals surface area contributed by atoms with Gasteiger partial charge in [-0.05, 0) is 30.3 Å². The molecule has 0 aromatic heterocycles. The van der Waals surface area contributed by atoms with Crippen LogP contribution in [0.3, 0.4) is 0 Å². The molecule has 20 heavy (non-hydrogen) atoms. The molecule has 2 aromatic rings. The predicted molar refractivity (Wildman–Crippen MR) is 83.5 cm³/mol. The Labute approximate surface area is 132 Å². The lowest BCUT2D eigenvalue weighted by atomic mass is 10.2. The van der Waals surface area contributed by atoms with Gasteiger partial charge in [0.2, 0.25) is 0 Å². The molecule has 2 aromatic carbocycles. The van der Waals surface area contributed by atoms with Gasteiger partial charge in [-0.1, -0.05) is 34.8 Å². The molecule has 106 valence electrons. The number of phenolic OH excluding ortho intramolecular Hbond substituents is 1. The molecule has 6 heteroatoms. The summed E-state index contributed by atoms with van der Waals surface area (Å²) in [6.07, 6.45) is 0. The van der Waals surface area contributed by atoms with E-state index in [1.807, 2.05) is 0 Å². The first-order valence-electron chi connectivity index (χ1n) is 5.75. The van der Waals surface area contributed by atoms with Gasteiger partial charge >= 0.3 is 0 Å². The number of aromatic hydroxyl groups is 1. The molecule has 0 fully saturated rings. The number of methoxy groups -OCH3 is 1. The minimum Gasteiger partial charge on any atom is -0.508 e. The summed E-state index contributed by atoms with van der Waals surface area (Å²) in [5.74, 6) is 0.826. The smallest absolute Gasteiger partial charge is 0.120 e. The van der Waals surface area contributed by atoms with E-state index >= 15 is 0 Å². The van der Waals surface area contributed by atoms with Crippen LogP contribution < -0.4 is 10.1 Å². The van der Waals surface area contributed by atoms with Crippen LogP contribution in [0.25, 0.3) is 0 Å². The average Bonchev–Trinajstić information content (AvgIpc) is 2.39. The summed E-state index contributed by atoms with van der Waals surface area (Å²) in [7, 11) is 1.57. The lowest BCUT2D eigenvalue weighted by molar-refractivity contribution is 0.411. The number of ether oxygens (including phenoxy) is 1. The van der Waals surface area contributed by atoms with Gasteiger partial charge in [-0.25, -0.2) is 0 Å². The van der Waals surface area contributed by atoms with Gasteiger partial charge in [0, 0.05) is 17.1 Å². The highest BCUT2D eigenvalue weighted by atomic mass is 35.5.